The zero-order valence-corrected chi connectivity index (χ0v) is 10.6. The molecule has 19 heavy (non-hydrogen) atoms. The van der Waals surface area contributed by atoms with E-state index in [1.807, 2.05) is 48.5 Å². The number of Topliss-reactive ketones (excluding diaryl/α,β-unsaturated/α-hetero) is 1. The van der Waals surface area contributed by atoms with Gasteiger partial charge in [-0.3, -0.25) is 4.79 Å². The first-order valence-electron chi connectivity index (χ1n) is 6.20. The van der Waals surface area contributed by atoms with Gasteiger partial charge >= 0.3 is 0 Å². The molecule has 0 amide bonds. The molecule has 0 spiro atoms. The van der Waals surface area contributed by atoms with Crippen molar-refractivity contribution >= 4 is 5.78 Å². The van der Waals surface area contributed by atoms with Gasteiger partial charge in [0.2, 0.25) is 0 Å². The molecule has 1 aliphatic heterocycles. The first-order chi connectivity index (χ1) is 9.29. The maximum Gasteiger partial charge on any atom is 0.186 e. The molecule has 2 aromatic rings. The van der Waals surface area contributed by atoms with E-state index in [0.29, 0.717) is 12.2 Å². The van der Waals surface area contributed by atoms with Crippen LogP contribution in [0.5, 0.6) is 11.5 Å². The van der Waals surface area contributed by atoms with Crippen molar-refractivity contribution in [3.8, 4) is 11.5 Å². The van der Waals surface area contributed by atoms with Gasteiger partial charge in [0.05, 0.1) is 7.11 Å². The van der Waals surface area contributed by atoms with E-state index in [4.69, 9.17) is 9.47 Å². The Balaban J connectivity index is 2.01. The molecule has 0 aliphatic carbocycles. The molecule has 0 aromatic heterocycles. The zero-order chi connectivity index (χ0) is 13.2. The Kier molecular flexibility index (Phi) is 2.95. The Morgan fingerprint density at radius 2 is 1.84 bits per heavy atom. The number of hydrogen-bond donors (Lipinski definition) is 0. The Bertz CT molecular complexity index is 619. The van der Waals surface area contributed by atoms with Crippen LogP contribution >= 0.6 is 0 Å². The van der Waals surface area contributed by atoms with E-state index in [-0.39, 0.29) is 5.78 Å². The number of hydrogen-bond acceptors (Lipinski definition) is 3. The van der Waals surface area contributed by atoms with Crippen molar-refractivity contribution in [2.24, 2.45) is 0 Å². The third-order valence-electron chi connectivity index (χ3n) is 3.30. The summed E-state index contributed by atoms with van der Waals surface area (Å²) >= 11 is 0. The second kappa shape index (κ2) is 4.76. The molecule has 3 nitrogen and oxygen atoms in total. The van der Waals surface area contributed by atoms with Crippen LogP contribution in [-0.2, 0) is 11.2 Å². The van der Waals surface area contributed by atoms with Crippen molar-refractivity contribution in [3.05, 3.63) is 59.7 Å². The average Bonchev–Trinajstić information content (AvgIpc) is 2.46. The molecule has 3 heteroatoms. The topological polar surface area (TPSA) is 35.5 Å². The smallest absolute Gasteiger partial charge is 0.186 e. The summed E-state index contributed by atoms with van der Waals surface area (Å²) in [5.41, 5.74) is 1.73. The van der Waals surface area contributed by atoms with E-state index in [0.717, 1.165) is 16.9 Å². The van der Waals surface area contributed by atoms with E-state index in [2.05, 4.69) is 0 Å². The summed E-state index contributed by atoms with van der Waals surface area (Å²) in [5.74, 6) is 1.52. The lowest BCUT2D eigenvalue weighted by atomic mass is 9.96. The predicted octanol–water partition coefficient (Wildman–Crippen LogP) is 2.94. The van der Waals surface area contributed by atoms with Gasteiger partial charge in [-0.2, -0.15) is 0 Å². The highest BCUT2D eigenvalue weighted by molar-refractivity contribution is 5.89. The van der Waals surface area contributed by atoms with Gasteiger partial charge in [0.25, 0.3) is 0 Å². The van der Waals surface area contributed by atoms with Gasteiger partial charge in [0, 0.05) is 17.5 Å². The maximum absolute atomic E-state index is 12.2. The highest BCUT2D eigenvalue weighted by Crippen LogP contribution is 2.35. The molecule has 3 rings (SSSR count). The predicted molar refractivity (Wildman–Crippen MR) is 71.5 cm³/mol. The van der Waals surface area contributed by atoms with Gasteiger partial charge in [-0.05, 0) is 12.1 Å². The standard InChI is InChI=1S/C16H14O3/c1-18-15-9-5-3-7-12(15)16-13(17)10-11-6-2-4-8-14(11)19-16/h2-9,16H,10H2,1H3. The van der Waals surface area contributed by atoms with Crippen LogP contribution in [0.15, 0.2) is 48.5 Å². The summed E-state index contributed by atoms with van der Waals surface area (Å²) in [6.07, 6.45) is -0.176. The third-order valence-corrected chi connectivity index (χ3v) is 3.30. The number of rotatable bonds is 2. The molecule has 0 radical (unpaired) electrons. The molecular formula is C16H14O3. The number of carbonyl (C=O) groups excluding carboxylic acids is 1. The molecule has 1 heterocycles. The summed E-state index contributed by atoms with van der Waals surface area (Å²) in [4.78, 5) is 12.2. The molecule has 0 bridgehead atoms. The molecular weight excluding hydrogens is 240 g/mol. The number of methoxy groups -OCH3 is 1. The SMILES string of the molecule is COc1ccccc1C1Oc2ccccc2CC1=O. The maximum atomic E-state index is 12.2. The summed E-state index contributed by atoms with van der Waals surface area (Å²) in [7, 11) is 1.60. The Hall–Kier alpha value is -2.29. The minimum atomic E-state index is -0.578. The van der Waals surface area contributed by atoms with Gasteiger partial charge in [-0.15, -0.1) is 0 Å². The summed E-state index contributed by atoms with van der Waals surface area (Å²) in [6, 6.07) is 15.1. The Labute approximate surface area is 111 Å². The van der Waals surface area contributed by atoms with Crippen LogP contribution in [0.4, 0.5) is 0 Å². The van der Waals surface area contributed by atoms with E-state index in [1.165, 1.54) is 0 Å². The van der Waals surface area contributed by atoms with E-state index < -0.39 is 6.10 Å². The van der Waals surface area contributed by atoms with E-state index in [1.54, 1.807) is 7.11 Å². The van der Waals surface area contributed by atoms with Gasteiger partial charge in [0.15, 0.2) is 11.9 Å². The number of benzene rings is 2. The molecule has 0 N–H and O–H groups in total. The van der Waals surface area contributed by atoms with Crippen molar-refractivity contribution in [3.63, 3.8) is 0 Å². The molecule has 0 fully saturated rings. The highest BCUT2D eigenvalue weighted by atomic mass is 16.5. The Morgan fingerprint density at radius 3 is 2.68 bits per heavy atom. The number of ether oxygens (including phenoxy) is 2. The largest absolute Gasteiger partial charge is 0.496 e. The first-order valence-corrected chi connectivity index (χ1v) is 6.20. The third kappa shape index (κ3) is 2.08. The molecule has 2 aromatic carbocycles. The summed E-state index contributed by atoms with van der Waals surface area (Å²) in [6.45, 7) is 0. The molecule has 96 valence electrons. The van der Waals surface area contributed by atoms with Crippen LogP contribution in [0.3, 0.4) is 0 Å². The Morgan fingerprint density at radius 1 is 1.11 bits per heavy atom. The quantitative estimate of drug-likeness (QED) is 0.826. The summed E-state index contributed by atoms with van der Waals surface area (Å²) < 4.78 is 11.1. The minimum absolute atomic E-state index is 0.0585. The van der Waals surface area contributed by atoms with Crippen LogP contribution in [0.2, 0.25) is 0 Å². The van der Waals surface area contributed by atoms with Crippen LogP contribution in [0.25, 0.3) is 0 Å². The lowest BCUT2D eigenvalue weighted by Crippen LogP contribution is -2.26. The van der Waals surface area contributed by atoms with Gasteiger partial charge in [-0.1, -0.05) is 36.4 Å². The normalized spacial score (nSPS) is 17.5. The van der Waals surface area contributed by atoms with Crippen LogP contribution in [0.1, 0.15) is 17.2 Å². The van der Waals surface area contributed by atoms with E-state index in [9.17, 15) is 4.79 Å². The second-order valence-electron chi connectivity index (χ2n) is 4.49. The van der Waals surface area contributed by atoms with Gasteiger partial charge in [-0.25, -0.2) is 0 Å². The zero-order valence-electron chi connectivity index (χ0n) is 10.6. The fraction of sp³-hybridized carbons (Fsp3) is 0.188. The van der Waals surface area contributed by atoms with Crippen LogP contribution in [0, 0.1) is 0 Å². The molecule has 1 atom stereocenters. The first kappa shape index (κ1) is 11.8. The van der Waals surface area contributed by atoms with Crippen molar-refractivity contribution < 1.29 is 14.3 Å². The number of ketones is 1. The molecule has 1 aliphatic rings. The monoisotopic (exact) mass is 254 g/mol. The average molecular weight is 254 g/mol. The van der Waals surface area contributed by atoms with Crippen LogP contribution in [-0.4, -0.2) is 12.9 Å². The highest BCUT2D eigenvalue weighted by Gasteiger charge is 2.30. The molecule has 0 saturated carbocycles. The van der Waals surface area contributed by atoms with Crippen molar-refractivity contribution in [2.75, 3.05) is 7.11 Å². The fourth-order valence-electron chi connectivity index (χ4n) is 2.36. The number of para-hydroxylation sites is 2. The second-order valence-corrected chi connectivity index (χ2v) is 4.49. The van der Waals surface area contributed by atoms with E-state index >= 15 is 0 Å². The molecule has 1 unspecified atom stereocenters. The van der Waals surface area contributed by atoms with Crippen molar-refractivity contribution in [2.45, 2.75) is 12.5 Å². The van der Waals surface area contributed by atoms with Gasteiger partial charge in [0.1, 0.15) is 11.5 Å². The van der Waals surface area contributed by atoms with Crippen LogP contribution < -0.4 is 9.47 Å². The molecule has 0 saturated heterocycles. The number of fused-ring (bicyclic) bond motifs is 1. The number of carbonyl (C=O) groups is 1. The summed E-state index contributed by atoms with van der Waals surface area (Å²) in [5, 5.41) is 0. The lowest BCUT2D eigenvalue weighted by Gasteiger charge is -2.26. The minimum Gasteiger partial charge on any atom is -0.496 e. The van der Waals surface area contributed by atoms with Crippen molar-refractivity contribution in [1.29, 1.82) is 0 Å². The van der Waals surface area contributed by atoms with Gasteiger partial charge < -0.3 is 9.47 Å². The lowest BCUT2D eigenvalue weighted by molar-refractivity contribution is -0.126. The fourth-order valence-corrected chi connectivity index (χ4v) is 2.36. The van der Waals surface area contributed by atoms with Crippen molar-refractivity contribution in [1.82, 2.24) is 0 Å².